The number of alkyl carbamates (subject to hydrolysis) is 1. The van der Waals surface area contributed by atoms with E-state index in [4.69, 9.17) is 14.2 Å². The van der Waals surface area contributed by atoms with Crippen LogP contribution in [-0.2, 0) is 20.8 Å². The lowest BCUT2D eigenvalue weighted by atomic mass is 10.1. The van der Waals surface area contributed by atoms with Gasteiger partial charge in [0.25, 0.3) is 0 Å². The molecule has 2 aliphatic rings. The molecule has 5 rings (SSSR count). The number of rotatable bonds is 7. The minimum atomic E-state index is -1.52. The molecule has 4 heterocycles. The molecule has 3 aromatic heterocycles. The van der Waals surface area contributed by atoms with Crippen molar-refractivity contribution in [2.45, 2.75) is 57.2 Å². The van der Waals surface area contributed by atoms with E-state index in [0.29, 0.717) is 23.9 Å². The molecule has 2 fully saturated rings. The second kappa shape index (κ2) is 8.27. The number of carbonyl (C=O) groups excluding carboxylic acids is 1. The van der Waals surface area contributed by atoms with Crippen LogP contribution in [0.4, 0.5) is 20.8 Å². The van der Waals surface area contributed by atoms with Crippen molar-refractivity contribution in [1.29, 1.82) is 0 Å². The average Bonchev–Trinajstić information content (AvgIpc) is 3.08. The molecule has 3 N–H and O–H groups in total. The van der Waals surface area contributed by atoms with Crippen LogP contribution in [0.1, 0.15) is 42.8 Å². The van der Waals surface area contributed by atoms with Gasteiger partial charge in [0.05, 0.1) is 24.6 Å². The zero-order valence-corrected chi connectivity index (χ0v) is 18.6. The Morgan fingerprint density at radius 1 is 1.45 bits per heavy atom. The number of halogens is 1. The van der Waals surface area contributed by atoms with Gasteiger partial charge >= 0.3 is 6.09 Å². The number of alkyl halides is 1. The maximum Gasteiger partial charge on any atom is 0.408 e. The van der Waals surface area contributed by atoms with Crippen LogP contribution in [0.3, 0.4) is 0 Å². The Kier molecular flexibility index (Phi) is 5.41. The number of anilines is 2. The number of ether oxygens (including phenoxy) is 3. The first-order chi connectivity index (χ1) is 15.9. The number of H-pyrrole nitrogens is 1. The maximum absolute atomic E-state index is 15.0. The number of nitrogens with zero attached hydrogens (tertiary/aromatic N) is 4. The molecule has 0 radical (unpaired) electrons. The van der Waals surface area contributed by atoms with Crippen LogP contribution in [0.15, 0.2) is 18.5 Å². The fourth-order valence-corrected chi connectivity index (χ4v) is 3.89. The number of aromatic amines is 1. The predicted molar refractivity (Wildman–Crippen MR) is 115 cm³/mol. The van der Waals surface area contributed by atoms with Gasteiger partial charge in [-0.1, -0.05) is 0 Å². The number of fused-ring (bicyclic) bond motifs is 1. The molecule has 11 nitrogen and oxygen atoms in total. The number of carbonyl (C=O) groups is 1. The molecular weight excluding hydrogens is 433 g/mol. The summed E-state index contributed by atoms with van der Waals surface area (Å²) in [5.74, 6) is 0.998. The van der Waals surface area contributed by atoms with E-state index < -0.39 is 24.5 Å². The Bertz CT molecular complexity index is 1170. The monoisotopic (exact) mass is 459 g/mol. The van der Waals surface area contributed by atoms with E-state index in [1.165, 1.54) is 0 Å². The third-order valence-electron chi connectivity index (χ3n) is 6.06. The average molecular weight is 459 g/mol. The van der Waals surface area contributed by atoms with Crippen molar-refractivity contribution in [3.8, 4) is 0 Å². The van der Waals surface area contributed by atoms with Gasteiger partial charge in [-0.2, -0.15) is 10.2 Å². The first-order valence-electron chi connectivity index (χ1n) is 10.8. The molecular formula is C21H26FN7O4. The first-order valence-corrected chi connectivity index (χ1v) is 10.8. The molecule has 12 heteroatoms. The number of methoxy groups -OCH3 is 1. The molecule has 0 bridgehead atoms. The highest BCUT2D eigenvalue weighted by atomic mass is 19.1. The molecule has 0 spiro atoms. The van der Waals surface area contributed by atoms with Crippen molar-refractivity contribution in [2.75, 3.05) is 19.0 Å². The SMILES string of the molecule is COCc1nn2ccnc(Nc3cc([C@H]4OC[C@@H](OC(=O)NC5(C)CC5)[C@@H]4F)[nH]n3)c2c1C. The molecule has 3 atom stereocenters. The Morgan fingerprint density at radius 3 is 3.03 bits per heavy atom. The molecule has 1 aliphatic carbocycles. The van der Waals surface area contributed by atoms with Gasteiger partial charge in [0.15, 0.2) is 23.9 Å². The fraction of sp³-hybridized carbons (Fsp3) is 0.524. The second-order valence-corrected chi connectivity index (χ2v) is 8.74. The Hall–Kier alpha value is -3.25. The number of hydrogen-bond donors (Lipinski definition) is 3. The number of nitrogens with one attached hydrogen (secondary N) is 3. The van der Waals surface area contributed by atoms with E-state index in [1.54, 1.807) is 30.1 Å². The summed E-state index contributed by atoms with van der Waals surface area (Å²) in [6.07, 6.45) is 1.11. The minimum absolute atomic E-state index is 0.0318. The van der Waals surface area contributed by atoms with Crippen LogP contribution < -0.4 is 10.6 Å². The van der Waals surface area contributed by atoms with Gasteiger partial charge in [0.1, 0.15) is 11.6 Å². The van der Waals surface area contributed by atoms with Crippen LogP contribution in [-0.4, -0.2) is 62.4 Å². The molecule has 176 valence electrons. The van der Waals surface area contributed by atoms with Crippen molar-refractivity contribution < 1.29 is 23.4 Å². The highest BCUT2D eigenvalue weighted by Gasteiger charge is 2.44. The lowest BCUT2D eigenvalue weighted by molar-refractivity contribution is 0.0604. The number of amides is 1. The van der Waals surface area contributed by atoms with Gasteiger partial charge in [-0.3, -0.25) is 5.10 Å². The van der Waals surface area contributed by atoms with E-state index in [9.17, 15) is 9.18 Å². The predicted octanol–water partition coefficient (Wildman–Crippen LogP) is 2.71. The molecule has 0 unspecified atom stereocenters. The van der Waals surface area contributed by atoms with Crippen LogP contribution in [0.2, 0.25) is 0 Å². The van der Waals surface area contributed by atoms with Crippen molar-refractivity contribution in [3.05, 3.63) is 35.4 Å². The van der Waals surface area contributed by atoms with Crippen LogP contribution in [0.25, 0.3) is 5.52 Å². The number of hydrogen-bond acceptors (Lipinski definition) is 8. The van der Waals surface area contributed by atoms with Crippen LogP contribution in [0.5, 0.6) is 0 Å². The quantitative estimate of drug-likeness (QED) is 0.492. The van der Waals surface area contributed by atoms with E-state index >= 15 is 0 Å². The zero-order chi connectivity index (χ0) is 23.2. The summed E-state index contributed by atoms with van der Waals surface area (Å²) in [6, 6.07) is 1.65. The van der Waals surface area contributed by atoms with Crippen LogP contribution >= 0.6 is 0 Å². The van der Waals surface area contributed by atoms with Gasteiger partial charge in [-0.05, 0) is 26.7 Å². The van der Waals surface area contributed by atoms with Gasteiger partial charge in [0.2, 0.25) is 0 Å². The summed E-state index contributed by atoms with van der Waals surface area (Å²) in [5.41, 5.74) is 2.73. The fourth-order valence-electron chi connectivity index (χ4n) is 3.89. The van der Waals surface area contributed by atoms with E-state index in [2.05, 4.69) is 30.9 Å². The first kappa shape index (κ1) is 21.6. The van der Waals surface area contributed by atoms with Crippen molar-refractivity contribution in [2.24, 2.45) is 0 Å². The molecule has 1 aliphatic heterocycles. The largest absolute Gasteiger partial charge is 0.441 e. The minimum Gasteiger partial charge on any atom is -0.441 e. The lowest BCUT2D eigenvalue weighted by Gasteiger charge is -2.17. The third kappa shape index (κ3) is 4.23. The summed E-state index contributed by atoms with van der Waals surface area (Å²) in [7, 11) is 1.62. The summed E-state index contributed by atoms with van der Waals surface area (Å²) in [6.45, 7) is 4.22. The van der Waals surface area contributed by atoms with E-state index in [1.807, 2.05) is 13.8 Å². The summed E-state index contributed by atoms with van der Waals surface area (Å²) in [4.78, 5) is 16.4. The van der Waals surface area contributed by atoms with Gasteiger partial charge in [0, 0.05) is 36.7 Å². The molecule has 1 saturated heterocycles. The summed E-state index contributed by atoms with van der Waals surface area (Å²) in [5, 5.41) is 17.4. The summed E-state index contributed by atoms with van der Waals surface area (Å²) < 4.78 is 32.7. The zero-order valence-electron chi connectivity index (χ0n) is 18.6. The Morgan fingerprint density at radius 2 is 2.27 bits per heavy atom. The molecule has 33 heavy (non-hydrogen) atoms. The normalized spacial score (nSPS) is 23.6. The number of aryl methyl sites for hydroxylation is 1. The highest BCUT2D eigenvalue weighted by molar-refractivity contribution is 5.76. The smallest absolute Gasteiger partial charge is 0.408 e. The molecule has 1 saturated carbocycles. The lowest BCUT2D eigenvalue weighted by Crippen LogP contribution is -2.39. The Balaban J connectivity index is 1.27. The summed E-state index contributed by atoms with van der Waals surface area (Å²) >= 11 is 0. The Labute approximate surface area is 189 Å². The van der Waals surface area contributed by atoms with Crippen molar-refractivity contribution in [3.63, 3.8) is 0 Å². The van der Waals surface area contributed by atoms with Crippen LogP contribution in [0, 0.1) is 6.92 Å². The molecule has 1 amide bonds. The van der Waals surface area contributed by atoms with E-state index in [-0.39, 0.29) is 12.1 Å². The topological polar surface area (TPSA) is 128 Å². The van der Waals surface area contributed by atoms with Crippen molar-refractivity contribution in [1.82, 2.24) is 30.1 Å². The van der Waals surface area contributed by atoms with Gasteiger partial charge in [-0.15, -0.1) is 0 Å². The van der Waals surface area contributed by atoms with Gasteiger partial charge in [-0.25, -0.2) is 18.7 Å². The van der Waals surface area contributed by atoms with Crippen molar-refractivity contribution >= 4 is 23.2 Å². The third-order valence-corrected chi connectivity index (χ3v) is 6.06. The second-order valence-electron chi connectivity index (χ2n) is 8.74. The molecule has 0 aromatic carbocycles. The molecule has 3 aromatic rings. The van der Waals surface area contributed by atoms with Gasteiger partial charge < -0.3 is 24.8 Å². The van der Waals surface area contributed by atoms with E-state index in [0.717, 1.165) is 29.6 Å². The standard InChI is InChI=1S/C21H26FN7O4/c1-11-13(9-31-3)28-29-7-6-23-19(17(11)29)24-15-8-12(26-27-15)18-16(22)14(10-32-18)33-20(30)25-21(2)4-5-21/h6-8,14,16,18H,4-5,9-10H2,1-3H3,(H,25,30)(H2,23,24,26,27)/t14-,16+,18-/m1/s1. The number of aromatic nitrogens is 5. The highest BCUT2D eigenvalue weighted by Crippen LogP contribution is 2.36. The maximum atomic E-state index is 15.0.